The van der Waals surface area contributed by atoms with Crippen molar-refractivity contribution >= 4 is 6.09 Å². The van der Waals surface area contributed by atoms with E-state index in [-0.39, 0.29) is 6.54 Å². The molecule has 106 valence electrons. The molecular formula is C12H24N2O4. The van der Waals surface area contributed by atoms with Crippen molar-refractivity contribution in [3.05, 3.63) is 0 Å². The average Bonchev–Trinajstić information content (AvgIpc) is 2.18. The summed E-state index contributed by atoms with van der Waals surface area (Å²) in [6, 6.07) is 0. The van der Waals surface area contributed by atoms with Gasteiger partial charge in [0.15, 0.2) is 5.79 Å². The summed E-state index contributed by atoms with van der Waals surface area (Å²) in [6.45, 7) is 9.98. The van der Waals surface area contributed by atoms with E-state index in [4.69, 9.17) is 19.9 Å². The maximum Gasteiger partial charge on any atom is 0.407 e. The normalized spacial score (nSPS) is 22.3. The molecule has 0 aromatic rings. The first-order valence-corrected chi connectivity index (χ1v) is 6.05. The van der Waals surface area contributed by atoms with Gasteiger partial charge in [-0.3, -0.25) is 0 Å². The fraction of sp³-hybridized carbons (Fsp3) is 0.917. The fourth-order valence-electron chi connectivity index (χ4n) is 1.38. The molecule has 0 aromatic heterocycles. The molecule has 1 aliphatic rings. The molecule has 6 nitrogen and oxygen atoms in total. The second-order valence-electron chi connectivity index (χ2n) is 6.19. The average molecular weight is 260 g/mol. The van der Waals surface area contributed by atoms with Gasteiger partial charge < -0.3 is 25.3 Å². The molecule has 3 N–H and O–H groups in total. The van der Waals surface area contributed by atoms with Crippen molar-refractivity contribution in [1.29, 1.82) is 0 Å². The third-order valence-electron chi connectivity index (χ3n) is 2.40. The van der Waals surface area contributed by atoms with Crippen molar-refractivity contribution < 1.29 is 19.0 Å². The summed E-state index contributed by atoms with van der Waals surface area (Å²) < 4.78 is 16.1. The number of amides is 1. The summed E-state index contributed by atoms with van der Waals surface area (Å²) in [5.74, 6) is -0.616. The molecule has 1 rings (SSSR count). The number of hydrogen-bond acceptors (Lipinski definition) is 5. The van der Waals surface area contributed by atoms with E-state index >= 15 is 0 Å². The number of ether oxygens (including phenoxy) is 3. The number of hydrogen-bond donors (Lipinski definition) is 2. The largest absolute Gasteiger partial charge is 0.444 e. The smallest absolute Gasteiger partial charge is 0.407 e. The van der Waals surface area contributed by atoms with Gasteiger partial charge >= 0.3 is 6.09 Å². The van der Waals surface area contributed by atoms with Crippen LogP contribution >= 0.6 is 0 Å². The van der Waals surface area contributed by atoms with E-state index in [1.807, 2.05) is 13.8 Å². The Morgan fingerprint density at radius 2 is 1.83 bits per heavy atom. The molecule has 0 bridgehead atoms. The van der Waals surface area contributed by atoms with Crippen LogP contribution < -0.4 is 11.1 Å². The van der Waals surface area contributed by atoms with Gasteiger partial charge in [-0.25, -0.2) is 4.79 Å². The first-order valence-electron chi connectivity index (χ1n) is 6.05. The molecule has 1 aliphatic heterocycles. The number of rotatable bonds is 2. The summed E-state index contributed by atoms with van der Waals surface area (Å²) in [5, 5.41) is 2.63. The van der Waals surface area contributed by atoms with Crippen LogP contribution in [0.15, 0.2) is 0 Å². The molecule has 1 amide bonds. The highest BCUT2D eigenvalue weighted by molar-refractivity contribution is 5.67. The number of nitrogens with two attached hydrogens (primary N) is 1. The van der Waals surface area contributed by atoms with Crippen LogP contribution in [0.4, 0.5) is 4.79 Å². The summed E-state index contributed by atoms with van der Waals surface area (Å²) in [5.41, 5.74) is 4.84. The molecule has 1 heterocycles. The Hall–Kier alpha value is -0.850. The van der Waals surface area contributed by atoms with Gasteiger partial charge in [-0.1, -0.05) is 0 Å². The highest BCUT2D eigenvalue weighted by Crippen LogP contribution is 2.21. The Balaban J connectivity index is 2.37. The lowest BCUT2D eigenvalue weighted by atomic mass is 10.0. The number of alkyl carbamates (subject to hydrolysis) is 1. The number of carbonyl (C=O) groups excluding carboxylic acids is 1. The van der Waals surface area contributed by atoms with Crippen LogP contribution in [-0.4, -0.2) is 42.8 Å². The Kier molecular flexibility index (Phi) is 4.25. The fourth-order valence-corrected chi connectivity index (χ4v) is 1.38. The lowest BCUT2D eigenvalue weighted by molar-refractivity contribution is -0.265. The maximum absolute atomic E-state index is 11.5. The van der Waals surface area contributed by atoms with Crippen LogP contribution in [0.1, 0.15) is 34.6 Å². The van der Waals surface area contributed by atoms with Crippen molar-refractivity contribution in [3.8, 4) is 0 Å². The molecule has 0 aliphatic carbocycles. The van der Waals surface area contributed by atoms with Crippen molar-refractivity contribution in [2.24, 2.45) is 5.73 Å². The van der Waals surface area contributed by atoms with Gasteiger partial charge in [0.05, 0.1) is 18.8 Å². The zero-order valence-corrected chi connectivity index (χ0v) is 11.8. The van der Waals surface area contributed by atoms with Crippen molar-refractivity contribution in [1.82, 2.24) is 5.32 Å². The number of nitrogens with one attached hydrogen (secondary N) is 1. The molecular weight excluding hydrogens is 236 g/mol. The summed E-state index contributed by atoms with van der Waals surface area (Å²) in [7, 11) is 0. The van der Waals surface area contributed by atoms with E-state index in [1.54, 1.807) is 20.8 Å². The monoisotopic (exact) mass is 260 g/mol. The van der Waals surface area contributed by atoms with Gasteiger partial charge in [-0.15, -0.1) is 0 Å². The molecule has 0 atom stereocenters. The molecule has 0 unspecified atom stereocenters. The minimum Gasteiger partial charge on any atom is -0.444 e. The van der Waals surface area contributed by atoms with Gasteiger partial charge in [0, 0.05) is 6.54 Å². The van der Waals surface area contributed by atoms with Gasteiger partial charge in [0.2, 0.25) is 0 Å². The third-order valence-corrected chi connectivity index (χ3v) is 2.40. The maximum atomic E-state index is 11.5. The summed E-state index contributed by atoms with van der Waals surface area (Å²) >= 11 is 0. The quantitative estimate of drug-likeness (QED) is 0.773. The lowest BCUT2D eigenvalue weighted by Gasteiger charge is -2.41. The molecule has 0 aromatic carbocycles. The summed E-state index contributed by atoms with van der Waals surface area (Å²) in [6.07, 6.45) is -0.489. The van der Waals surface area contributed by atoms with E-state index in [0.29, 0.717) is 13.2 Å². The van der Waals surface area contributed by atoms with E-state index in [9.17, 15) is 4.79 Å². The predicted molar refractivity (Wildman–Crippen MR) is 67.1 cm³/mol. The van der Waals surface area contributed by atoms with Crippen LogP contribution in [0.25, 0.3) is 0 Å². The van der Waals surface area contributed by atoms with Crippen LogP contribution in [-0.2, 0) is 14.2 Å². The molecule has 6 heteroatoms. The van der Waals surface area contributed by atoms with Crippen LogP contribution in [0.3, 0.4) is 0 Å². The zero-order chi connectivity index (χ0) is 14.0. The van der Waals surface area contributed by atoms with Gasteiger partial charge in [-0.2, -0.15) is 0 Å². The minimum atomic E-state index is -0.716. The van der Waals surface area contributed by atoms with Crippen molar-refractivity contribution in [2.45, 2.75) is 51.5 Å². The van der Waals surface area contributed by atoms with Gasteiger partial charge in [0.1, 0.15) is 5.60 Å². The Bertz CT molecular complexity index is 300. The van der Waals surface area contributed by atoms with E-state index < -0.39 is 23.0 Å². The first-order chi connectivity index (χ1) is 8.02. The van der Waals surface area contributed by atoms with Gasteiger partial charge in [-0.05, 0) is 34.6 Å². The van der Waals surface area contributed by atoms with Crippen molar-refractivity contribution in [3.63, 3.8) is 0 Å². The van der Waals surface area contributed by atoms with E-state index in [2.05, 4.69) is 5.32 Å². The van der Waals surface area contributed by atoms with Crippen LogP contribution in [0.2, 0.25) is 0 Å². The SMILES string of the molecule is CC(C)(C)OC(=O)NCC1(N)COC(C)(C)OC1. The molecule has 0 spiro atoms. The topological polar surface area (TPSA) is 82.8 Å². The van der Waals surface area contributed by atoms with Crippen LogP contribution in [0.5, 0.6) is 0 Å². The predicted octanol–water partition coefficient (Wildman–Crippen LogP) is 0.992. The third kappa shape index (κ3) is 5.20. The molecule has 0 radical (unpaired) electrons. The molecule has 1 fully saturated rings. The van der Waals surface area contributed by atoms with Crippen LogP contribution in [0, 0.1) is 0 Å². The summed E-state index contributed by atoms with van der Waals surface area (Å²) in [4.78, 5) is 11.5. The lowest BCUT2D eigenvalue weighted by Crippen LogP contribution is -2.62. The standard InChI is InChI=1S/C12H24N2O4/c1-10(2,3)18-9(15)14-6-12(13)7-16-11(4,5)17-8-12/h6-8,13H2,1-5H3,(H,14,15). The second kappa shape index (κ2) is 5.03. The second-order valence-corrected chi connectivity index (χ2v) is 6.19. The Morgan fingerprint density at radius 1 is 1.33 bits per heavy atom. The molecule has 1 saturated heterocycles. The van der Waals surface area contributed by atoms with Gasteiger partial charge in [0.25, 0.3) is 0 Å². The van der Waals surface area contributed by atoms with E-state index in [0.717, 1.165) is 0 Å². The van der Waals surface area contributed by atoms with E-state index in [1.165, 1.54) is 0 Å². The Labute approximate surface area is 108 Å². The Morgan fingerprint density at radius 3 is 2.28 bits per heavy atom. The molecule has 0 saturated carbocycles. The number of carbonyl (C=O) groups is 1. The minimum absolute atomic E-state index is 0.248. The van der Waals surface area contributed by atoms with Crippen molar-refractivity contribution in [2.75, 3.05) is 19.8 Å². The highest BCUT2D eigenvalue weighted by Gasteiger charge is 2.37. The molecule has 18 heavy (non-hydrogen) atoms. The zero-order valence-electron chi connectivity index (χ0n) is 11.8. The highest BCUT2D eigenvalue weighted by atomic mass is 16.7. The first kappa shape index (κ1) is 15.2.